The van der Waals surface area contributed by atoms with E-state index in [-0.39, 0.29) is 24.4 Å². The van der Waals surface area contributed by atoms with Crippen LogP contribution in [0.5, 0.6) is 11.5 Å². The number of hydrogen-bond donors (Lipinski definition) is 1. The molecule has 35 heavy (non-hydrogen) atoms. The van der Waals surface area contributed by atoms with E-state index in [1.54, 1.807) is 14.0 Å². The molecule has 1 amide bonds. The van der Waals surface area contributed by atoms with Gasteiger partial charge in [0, 0.05) is 50.4 Å². The highest BCUT2D eigenvalue weighted by molar-refractivity contribution is 5.85. The highest BCUT2D eigenvalue weighted by Gasteiger charge is 2.49. The van der Waals surface area contributed by atoms with E-state index >= 15 is 0 Å². The molecule has 1 saturated carbocycles. The number of nitrogens with zero attached hydrogens (tertiary/aromatic N) is 3. The Morgan fingerprint density at radius 3 is 2.43 bits per heavy atom. The standard InChI is InChI=1S/C28H37N3O3.ClH/c1-18-16-19(2)28(33)26-25(18)23-10-5-6-11-24(23)27(26)31(20(3)32)30-14-12-29(13-15-30)21-8-7-9-22(17-21)34-4;/h7-9,16-17,23-24,27,33H,5-6,10-15H2,1-4H3;1H. The number of carbonyl (C=O) groups is 1. The van der Waals surface area contributed by atoms with Crippen LogP contribution in [0.15, 0.2) is 30.3 Å². The molecule has 1 N–H and O–H groups in total. The number of hydrazine groups is 1. The van der Waals surface area contributed by atoms with Crippen molar-refractivity contribution in [3.8, 4) is 11.5 Å². The summed E-state index contributed by atoms with van der Waals surface area (Å²) in [7, 11) is 1.69. The van der Waals surface area contributed by atoms with Gasteiger partial charge in [0.1, 0.15) is 11.5 Å². The number of phenolic OH excluding ortho intramolecular Hbond substituents is 1. The number of piperazine rings is 1. The van der Waals surface area contributed by atoms with Gasteiger partial charge in [0.2, 0.25) is 5.91 Å². The van der Waals surface area contributed by atoms with Crippen LogP contribution in [0.1, 0.15) is 66.8 Å². The van der Waals surface area contributed by atoms with Gasteiger partial charge in [-0.05, 0) is 67.3 Å². The lowest BCUT2D eigenvalue weighted by Crippen LogP contribution is -2.57. The summed E-state index contributed by atoms with van der Waals surface area (Å²) < 4.78 is 5.40. The van der Waals surface area contributed by atoms with Crippen LogP contribution in [-0.2, 0) is 4.79 Å². The third kappa shape index (κ3) is 4.47. The summed E-state index contributed by atoms with van der Waals surface area (Å²) >= 11 is 0. The van der Waals surface area contributed by atoms with Crippen molar-refractivity contribution in [3.05, 3.63) is 52.6 Å². The average Bonchev–Trinajstić information content (AvgIpc) is 3.18. The van der Waals surface area contributed by atoms with Crippen molar-refractivity contribution in [1.82, 2.24) is 10.0 Å². The molecule has 6 nitrogen and oxygen atoms in total. The highest BCUT2D eigenvalue weighted by Crippen LogP contribution is 2.58. The second kappa shape index (κ2) is 10.3. The minimum Gasteiger partial charge on any atom is -0.507 e. The van der Waals surface area contributed by atoms with Crippen LogP contribution in [0.4, 0.5) is 5.69 Å². The summed E-state index contributed by atoms with van der Waals surface area (Å²) in [5.74, 6) is 2.12. The number of phenols is 1. The fourth-order valence-electron chi connectivity index (χ4n) is 6.78. The van der Waals surface area contributed by atoms with Gasteiger partial charge in [-0.25, -0.2) is 5.01 Å². The Bertz CT molecular complexity index is 1080. The number of aromatic hydroxyl groups is 1. The Morgan fingerprint density at radius 2 is 1.74 bits per heavy atom. The largest absolute Gasteiger partial charge is 0.507 e. The van der Waals surface area contributed by atoms with Crippen molar-refractivity contribution in [3.63, 3.8) is 0 Å². The van der Waals surface area contributed by atoms with Crippen molar-refractivity contribution >= 4 is 24.0 Å². The maximum Gasteiger partial charge on any atom is 0.234 e. The summed E-state index contributed by atoms with van der Waals surface area (Å²) in [6, 6.07) is 10.2. The maximum atomic E-state index is 13.2. The highest BCUT2D eigenvalue weighted by atomic mass is 35.5. The molecule has 7 heteroatoms. The van der Waals surface area contributed by atoms with E-state index in [1.807, 2.05) is 24.1 Å². The summed E-state index contributed by atoms with van der Waals surface area (Å²) in [6.45, 7) is 9.05. The van der Waals surface area contributed by atoms with E-state index in [4.69, 9.17) is 4.74 Å². The molecule has 0 spiro atoms. The van der Waals surface area contributed by atoms with E-state index in [2.05, 4.69) is 35.0 Å². The normalized spacial score (nSPS) is 23.8. The van der Waals surface area contributed by atoms with Crippen LogP contribution in [0, 0.1) is 19.8 Å². The SMILES string of the molecule is COc1cccc(N2CCN(N(C(C)=O)C3c4c(O)c(C)cc(C)c4C4CCCCC43)CC2)c1.Cl. The molecule has 3 unspecified atom stereocenters. The second-order valence-electron chi connectivity index (χ2n) is 10.2. The predicted octanol–water partition coefficient (Wildman–Crippen LogP) is 5.35. The third-order valence-corrected chi connectivity index (χ3v) is 8.23. The van der Waals surface area contributed by atoms with Crippen LogP contribution in [-0.4, -0.2) is 54.3 Å². The summed E-state index contributed by atoms with van der Waals surface area (Å²) in [4.78, 5) is 15.6. The van der Waals surface area contributed by atoms with Gasteiger partial charge in [-0.15, -0.1) is 12.4 Å². The van der Waals surface area contributed by atoms with Gasteiger partial charge < -0.3 is 14.7 Å². The van der Waals surface area contributed by atoms with Gasteiger partial charge >= 0.3 is 0 Å². The van der Waals surface area contributed by atoms with Gasteiger partial charge in [0.25, 0.3) is 0 Å². The van der Waals surface area contributed by atoms with E-state index in [9.17, 15) is 9.90 Å². The lowest BCUT2D eigenvalue weighted by Gasteiger charge is -2.46. The zero-order chi connectivity index (χ0) is 24.0. The molecular formula is C28H38ClN3O3. The van der Waals surface area contributed by atoms with Gasteiger partial charge in [-0.2, -0.15) is 0 Å². The Balaban J connectivity index is 0.00000289. The lowest BCUT2D eigenvalue weighted by molar-refractivity contribution is -0.158. The molecule has 1 heterocycles. The van der Waals surface area contributed by atoms with Crippen molar-refractivity contribution < 1.29 is 14.6 Å². The zero-order valence-corrected chi connectivity index (χ0v) is 22.1. The number of carbonyl (C=O) groups excluding carboxylic acids is 1. The van der Waals surface area contributed by atoms with Crippen LogP contribution >= 0.6 is 12.4 Å². The number of halogens is 1. The number of rotatable bonds is 4. The first-order valence-corrected chi connectivity index (χ1v) is 12.7. The summed E-state index contributed by atoms with van der Waals surface area (Å²) in [5.41, 5.74) is 5.64. The molecule has 2 fully saturated rings. The zero-order valence-electron chi connectivity index (χ0n) is 21.3. The summed E-state index contributed by atoms with van der Waals surface area (Å²) in [6.07, 6.45) is 4.67. The number of ether oxygens (including phenoxy) is 1. The molecule has 3 atom stereocenters. The molecular weight excluding hydrogens is 462 g/mol. The van der Waals surface area contributed by atoms with Crippen molar-refractivity contribution in [2.75, 3.05) is 38.2 Å². The molecule has 0 radical (unpaired) electrons. The first-order chi connectivity index (χ1) is 16.4. The molecule has 5 rings (SSSR count). The molecule has 1 aliphatic heterocycles. The number of aryl methyl sites for hydroxylation is 2. The van der Waals surface area contributed by atoms with Crippen molar-refractivity contribution in [2.45, 2.75) is 58.4 Å². The lowest BCUT2D eigenvalue weighted by atomic mass is 9.77. The van der Waals surface area contributed by atoms with Crippen LogP contribution in [0.3, 0.4) is 0 Å². The van der Waals surface area contributed by atoms with Gasteiger partial charge in [0.15, 0.2) is 0 Å². The van der Waals surface area contributed by atoms with Crippen molar-refractivity contribution in [1.29, 1.82) is 0 Å². The molecule has 3 aliphatic rings. The quantitative estimate of drug-likeness (QED) is 0.614. The van der Waals surface area contributed by atoms with Crippen LogP contribution in [0.25, 0.3) is 0 Å². The number of anilines is 1. The first kappa shape index (κ1) is 25.6. The monoisotopic (exact) mass is 499 g/mol. The number of amides is 1. The van der Waals surface area contributed by atoms with Crippen LogP contribution < -0.4 is 9.64 Å². The molecule has 1 saturated heterocycles. The first-order valence-electron chi connectivity index (χ1n) is 12.7. The Kier molecular flexibility index (Phi) is 7.53. The second-order valence-corrected chi connectivity index (χ2v) is 10.2. The molecule has 2 aliphatic carbocycles. The summed E-state index contributed by atoms with van der Waals surface area (Å²) in [5, 5.41) is 15.5. The molecule has 0 bridgehead atoms. The Hall–Kier alpha value is -2.44. The molecule has 2 aromatic carbocycles. The van der Waals surface area contributed by atoms with E-state index in [1.165, 1.54) is 24.0 Å². The fraction of sp³-hybridized carbons (Fsp3) is 0.536. The topological polar surface area (TPSA) is 56.2 Å². The van der Waals surface area contributed by atoms with E-state index in [0.29, 0.717) is 17.6 Å². The molecule has 2 aromatic rings. The van der Waals surface area contributed by atoms with Gasteiger partial charge in [-0.1, -0.05) is 25.0 Å². The fourth-order valence-corrected chi connectivity index (χ4v) is 6.78. The van der Waals surface area contributed by atoms with Gasteiger partial charge in [-0.3, -0.25) is 9.80 Å². The molecule has 0 aromatic heterocycles. The number of benzene rings is 2. The third-order valence-electron chi connectivity index (χ3n) is 8.23. The predicted molar refractivity (Wildman–Crippen MR) is 142 cm³/mol. The smallest absolute Gasteiger partial charge is 0.234 e. The minimum atomic E-state index is -0.0835. The Labute approximate surface area is 215 Å². The van der Waals surface area contributed by atoms with E-state index in [0.717, 1.165) is 61.6 Å². The number of methoxy groups -OCH3 is 1. The number of fused-ring (bicyclic) bond motifs is 3. The van der Waals surface area contributed by atoms with Crippen molar-refractivity contribution in [2.24, 2.45) is 5.92 Å². The minimum absolute atomic E-state index is 0. The maximum absolute atomic E-state index is 13.2. The average molecular weight is 500 g/mol. The van der Waals surface area contributed by atoms with Gasteiger partial charge in [0.05, 0.1) is 13.2 Å². The molecule has 190 valence electrons. The number of hydrogen-bond acceptors (Lipinski definition) is 5. The van der Waals surface area contributed by atoms with Crippen LogP contribution in [0.2, 0.25) is 0 Å². The Morgan fingerprint density at radius 1 is 1.03 bits per heavy atom. The van der Waals surface area contributed by atoms with E-state index < -0.39 is 0 Å².